The van der Waals surface area contributed by atoms with Crippen LogP contribution in [0.3, 0.4) is 0 Å². The Bertz CT molecular complexity index is 947. The van der Waals surface area contributed by atoms with Gasteiger partial charge in [-0.05, 0) is 40.5 Å². The maximum absolute atomic E-state index is 12.4. The predicted molar refractivity (Wildman–Crippen MR) is 135 cm³/mol. The number of ether oxygens (including phenoxy) is 4. The van der Waals surface area contributed by atoms with Crippen molar-refractivity contribution in [2.45, 2.75) is 85.2 Å². The molecule has 0 aromatic carbocycles. The molecule has 1 aliphatic heterocycles. The molecule has 2 rings (SSSR count). The monoisotopic (exact) mass is 583 g/mol. The molecule has 0 aromatic rings. The van der Waals surface area contributed by atoms with E-state index in [4.69, 9.17) is 23.8 Å². The number of hydroxylamine groups is 2. The van der Waals surface area contributed by atoms with Crippen molar-refractivity contribution >= 4 is 47.3 Å². The van der Waals surface area contributed by atoms with E-state index in [1.807, 2.05) is 0 Å². The Balaban J connectivity index is 1.54. The van der Waals surface area contributed by atoms with Crippen molar-refractivity contribution < 1.29 is 62.1 Å². The van der Waals surface area contributed by atoms with Crippen LogP contribution in [-0.2, 0) is 62.1 Å². The van der Waals surface area contributed by atoms with Gasteiger partial charge in [0.2, 0.25) is 6.10 Å². The van der Waals surface area contributed by atoms with Crippen molar-refractivity contribution in [1.29, 1.82) is 0 Å². The molecule has 2 aliphatic rings. The standard InChI is InChI=1S/C27H37NO13/c1-26(2,24(35)40-23-17(29)5-6-18(23)30)11-9-21(33)38-15-13-37-14-16-39-22(34)10-12-27(3,4)25(36)41-28-19(31)7-8-20(28)32/h23H,5-16H2,1-4H3. The van der Waals surface area contributed by atoms with E-state index in [1.165, 1.54) is 13.8 Å². The minimum Gasteiger partial charge on any atom is -0.463 e. The zero-order valence-corrected chi connectivity index (χ0v) is 23.8. The third-order valence-corrected chi connectivity index (χ3v) is 6.60. The maximum atomic E-state index is 12.4. The highest BCUT2D eigenvalue weighted by molar-refractivity contribution is 6.12. The van der Waals surface area contributed by atoms with Gasteiger partial charge in [-0.15, -0.1) is 5.06 Å². The van der Waals surface area contributed by atoms with Crippen LogP contribution in [-0.4, -0.2) is 84.9 Å². The molecular formula is C27H37NO13. The van der Waals surface area contributed by atoms with Crippen molar-refractivity contribution in [2.24, 2.45) is 10.8 Å². The molecule has 0 radical (unpaired) electrons. The van der Waals surface area contributed by atoms with E-state index < -0.39 is 64.2 Å². The normalized spacial score (nSPS) is 16.2. The maximum Gasteiger partial charge on any atom is 0.338 e. The fourth-order valence-corrected chi connectivity index (χ4v) is 3.66. The second-order valence-corrected chi connectivity index (χ2v) is 11.0. The molecule has 14 heteroatoms. The van der Waals surface area contributed by atoms with E-state index in [9.17, 15) is 38.4 Å². The molecule has 0 bridgehead atoms. The number of amides is 2. The van der Waals surface area contributed by atoms with Gasteiger partial charge >= 0.3 is 23.9 Å². The van der Waals surface area contributed by atoms with Crippen LogP contribution in [0.15, 0.2) is 0 Å². The van der Waals surface area contributed by atoms with Crippen LogP contribution in [0.4, 0.5) is 0 Å². The summed E-state index contributed by atoms with van der Waals surface area (Å²) >= 11 is 0. The summed E-state index contributed by atoms with van der Waals surface area (Å²) < 4.78 is 20.4. The predicted octanol–water partition coefficient (Wildman–Crippen LogP) is 1.15. The van der Waals surface area contributed by atoms with Gasteiger partial charge < -0.3 is 23.8 Å². The van der Waals surface area contributed by atoms with E-state index >= 15 is 0 Å². The summed E-state index contributed by atoms with van der Waals surface area (Å²) in [6, 6.07) is 0. The summed E-state index contributed by atoms with van der Waals surface area (Å²) in [7, 11) is 0. The first kappa shape index (κ1) is 33.5. The molecule has 0 unspecified atom stereocenters. The van der Waals surface area contributed by atoms with Gasteiger partial charge in [0.15, 0.2) is 11.6 Å². The highest BCUT2D eigenvalue weighted by Gasteiger charge is 2.40. The molecule has 1 heterocycles. The van der Waals surface area contributed by atoms with Gasteiger partial charge in [0.05, 0.1) is 24.0 Å². The summed E-state index contributed by atoms with van der Waals surface area (Å²) in [6.07, 6.45) is -1.35. The van der Waals surface area contributed by atoms with Gasteiger partial charge in [0, 0.05) is 38.5 Å². The number of esters is 3. The molecule has 0 aromatic heterocycles. The summed E-state index contributed by atoms with van der Waals surface area (Å²) in [4.78, 5) is 100. The Morgan fingerprint density at radius 3 is 1.59 bits per heavy atom. The first-order valence-corrected chi connectivity index (χ1v) is 13.4. The van der Waals surface area contributed by atoms with Crippen molar-refractivity contribution in [2.75, 3.05) is 26.4 Å². The van der Waals surface area contributed by atoms with Gasteiger partial charge in [-0.2, -0.15) is 0 Å². The third kappa shape index (κ3) is 10.3. The van der Waals surface area contributed by atoms with Crippen LogP contribution in [0.1, 0.15) is 79.1 Å². The number of imide groups is 1. The number of hydrogen-bond donors (Lipinski definition) is 0. The number of carbonyl (C=O) groups excluding carboxylic acids is 8. The van der Waals surface area contributed by atoms with Crippen molar-refractivity contribution in [3.63, 3.8) is 0 Å². The lowest BCUT2D eigenvalue weighted by Gasteiger charge is -2.24. The van der Waals surface area contributed by atoms with E-state index in [2.05, 4.69) is 0 Å². The summed E-state index contributed by atoms with van der Waals surface area (Å²) in [5, 5.41) is 0.458. The molecule has 1 aliphatic carbocycles. The summed E-state index contributed by atoms with van der Waals surface area (Å²) in [6.45, 7) is 6.05. The Hall–Kier alpha value is -3.68. The molecule has 14 nitrogen and oxygen atoms in total. The number of hydrogen-bond acceptors (Lipinski definition) is 13. The van der Waals surface area contributed by atoms with E-state index in [-0.39, 0.29) is 77.8 Å². The molecule has 228 valence electrons. The Morgan fingerprint density at radius 2 is 1.12 bits per heavy atom. The first-order chi connectivity index (χ1) is 19.1. The molecule has 0 spiro atoms. The highest BCUT2D eigenvalue weighted by atomic mass is 16.7. The van der Waals surface area contributed by atoms with Crippen molar-refractivity contribution in [1.82, 2.24) is 5.06 Å². The fraction of sp³-hybridized carbons (Fsp3) is 0.704. The molecule has 1 saturated carbocycles. The van der Waals surface area contributed by atoms with Gasteiger partial charge in [0.1, 0.15) is 13.2 Å². The number of ketones is 2. The van der Waals surface area contributed by atoms with Crippen LogP contribution in [0, 0.1) is 10.8 Å². The van der Waals surface area contributed by atoms with Gasteiger partial charge in [-0.25, -0.2) is 4.79 Å². The fourth-order valence-electron chi connectivity index (χ4n) is 3.66. The van der Waals surface area contributed by atoms with Gasteiger partial charge in [-0.3, -0.25) is 33.6 Å². The van der Waals surface area contributed by atoms with E-state index in [0.717, 1.165) is 0 Å². The Kier molecular flexibility index (Phi) is 12.1. The first-order valence-electron chi connectivity index (χ1n) is 13.4. The molecule has 2 amide bonds. The van der Waals surface area contributed by atoms with Crippen LogP contribution < -0.4 is 0 Å². The molecule has 2 fully saturated rings. The number of rotatable bonds is 16. The lowest BCUT2D eigenvalue weighted by atomic mass is 9.88. The average molecular weight is 584 g/mol. The average Bonchev–Trinajstić information content (AvgIpc) is 3.40. The molecule has 1 saturated heterocycles. The van der Waals surface area contributed by atoms with Gasteiger partial charge in [-0.1, -0.05) is 0 Å². The Labute approximate surface area is 237 Å². The molecule has 0 N–H and O–H groups in total. The smallest absolute Gasteiger partial charge is 0.338 e. The minimum atomic E-state index is -1.36. The lowest BCUT2D eigenvalue weighted by Crippen LogP contribution is -2.38. The van der Waals surface area contributed by atoms with Crippen LogP contribution in [0.25, 0.3) is 0 Å². The van der Waals surface area contributed by atoms with Crippen molar-refractivity contribution in [3.8, 4) is 0 Å². The second kappa shape index (κ2) is 14.8. The Morgan fingerprint density at radius 1 is 0.683 bits per heavy atom. The highest BCUT2D eigenvalue weighted by Crippen LogP contribution is 2.28. The SMILES string of the molecule is CC(C)(CCC(=O)OCCOCCOC(=O)CCC(C)(C)C(=O)ON1C(=O)CCC1=O)C(=O)OC1C(=O)CCC1=O. The summed E-state index contributed by atoms with van der Waals surface area (Å²) in [5.74, 6) is -4.74. The quantitative estimate of drug-likeness (QED) is 0.0829. The topological polar surface area (TPSA) is 186 Å². The van der Waals surface area contributed by atoms with E-state index in [0.29, 0.717) is 5.06 Å². The zero-order valence-electron chi connectivity index (χ0n) is 23.8. The van der Waals surface area contributed by atoms with Crippen LogP contribution >= 0.6 is 0 Å². The second-order valence-electron chi connectivity index (χ2n) is 11.0. The number of carbonyl (C=O) groups is 8. The molecule has 41 heavy (non-hydrogen) atoms. The zero-order chi connectivity index (χ0) is 30.8. The van der Waals surface area contributed by atoms with E-state index in [1.54, 1.807) is 13.8 Å². The largest absolute Gasteiger partial charge is 0.463 e. The minimum absolute atomic E-state index is 0.0181. The van der Waals surface area contributed by atoms with Crippen LogP contribution in [0.2, 0.25) is 0 Å². The number of nitrogens with zero attached hydrogens (tertiary/aromatic N) is 1. The summed E-state index contributed by atoms with van der Waals surface area (Å²) in [5.41, 5.74) is -2.25. The molecular weight excluding hydrogens is 546 g/mol. The number of Topliss-reactive ketones (excluding diaryl/α,β-unsaturated/α-hetero) is 2. The van der Waals surface area contributed by atoms with Gasteiger partial charge in [0.25, 0.3) is 11.8 Å². The van der Waals surface area contributed by atoms with Crippen molar-refractivity contribution in [3.05, 3.63) is 0 Å². The third-order valence-electron chi connectivity index (χ3n) is 6.60. The van der Waals surface area contributed by atoms with Crippen LogP contribution in [0.5, 0.6) is 0 Å². The lowest BCUT2D eigenvalue weighted by molar-refractivity contribution is -0.204. The molecule has 0 atom stereocenters.